The van der Waals surface area contributed by atoms with E-state index in [4.69, 9.17) is 9.47 Å². The number of hydrogen-bond acceptors (Lipinski definition) is 4. The molecule has 1 saturated carbocycles. The smallest absolute Gasteiger partial charge is 0.410 e. The number of likely N-dealkylation sites (tertiary alicyclic amines) is 1. The molecular weight excluding hydrogens is 370 g/mol. The van der Waals surface area contributed by atoms with Crippen molar-refractivity contribution in [3.8, 4) is 5.75 Å². The summed E-state index contributed by atoms with van der Waals surface area (Å²) in [6.07, 6.45) is 6.96. The van der Waals surface area contributed by atoms with Crippen molar-refractivity contribution in [2.24, 2.45) is 0 Å². The van der Waals surface area contributed by atoms with Crippen molar-refractivity contribution in [3.05, 3.63) is 29.8 Å². The van der Waals surface area contributed by atoms with Crippen LogP contribution in [0.15, 0.2) is 24.3 Å². The van der Waals surface area contributed by atoms with Gasteiger partial charge in [-0.25, -0.2) is 9.59 Å². The van der Waals surface area contributed by atoms with Gasteiger partial charge in [-0.1, -0.05) is 18.6 Å². The minimum Gasteiger partial charge on any atom is -0.497 e. The summed E-state index contributed by atoms with van der Waals surface area (Å²) in [7, 11) is 1.64. The van der Waals surface area contributed by atoms with Gasteiger partial charge < -0.3 is 24.6 Å². The van der Waals surface area contributed by atoms with Crippen LogP contribution >= 0.6 is 0 Å². The Morgan fingerprint density at radius 1 is 1.17 bits per heavy atom. The number of methoxy groups -OCH3 is 1. The molecule has 3 aliphatic rings. The standard InChI is InChI=1S/C22H31N3O4/c1-28-19-7-5-17(6-8-19)15-23-20(26)24-13-9-18(10-14-24)25-16-22(29-21(25)27)11-3-2-4-12-22/h5-8,18H,2-4,9-16H2,1H3,(H,23,26). The lowest BCUT2D eigenvalue weighted by molar-refractivity contribution is 0.0259. The SMILES string of the molecule is COc1ccc(CNC(=O)N2CCC(N3CC4(CCCCC4)OC3=O)CC2)cc1. The third-order valence-electron chi connectivity index (χ3n) is 6.56. The Bertz CT molecular complexity index is 722. The van der Waals surface area contributed by atoms with Gasteiger partial charge in [0, 0.05) is 25.7 Å². The minimum atomic E-state index is -0.248. The van der Waals surface area contributed by atoms with Crippen LogP contribution in [0, 0.1) is 0 Å². The Morgan fingerprint density at radius 3 is 2.52 bits per heavy atom. The maximum atomic E-state index is 12.5. The molecule has 1 aliphatic carbocycles. The van der Waals surface area contributed by atoms with Gasteiger partial charge in [0.05, 0.1) is 13.7 Å². The van der Waals surface area contributed by atoms with Crippen molar-refractivity contribution in [2.75, 3.05) is 26.7 Å². The Balaban J connectivity index is 1.24. The predicted molar refractivity (Wildman–Crippen MR) is 109 cm³/mol. The molecule has 29 heavy (non-hydrogen) atoms. The average Bonchev–Trinajstić information content (AvgIpc) is 3.08. The number of benzene rings is 1. The zero-order valence-electron chi connectivity index (χ0n) is 17.2. The van der Waals surface area contributed by atoms with Gasteiger partial charge in [-0.2, -0.15) is 0 Å². The van der Waals surface area contributed by atoms with Gasteiger partial charge in [-0.15, -0.1) is 0 Å². The Morgan fingerprint density at radius 2 is 1.86 bits per heavy atom. The molecule has 0 bridgehead atoms. The van der Waals surface area contributed by atoms with Crippen LogP contribution in [0.4, 0.5) is 9.59 Å². The van der Waals surface area contributed by atoms with Gasteiger partial charge in [0.15, 0.2) is 0 Å². The number of urea groups is 1. The molecule has 7 nitrogen and oxygen atoms in total. The highest BCUT2D eigenvalue weighted by Crippen LogP contribution is 2.38. The fourth-order valence-electron chi connectivity index (χ4n) is 4.80. The lowest BCUT2D eigenvalue weighted by Crippen LogP contribution is -2.50. The normalized spacial score (nSPS) is 21.9. The number of carbonyl (C=O) groups excluding carboxylic acids is 2. The second kappa shape index (κ2) is 8.51. The van der Waals surface area contributed by atoms with E-state index < -0.39 is 0 Å². The van der Waals surface area contributed by atoms with Crippen LogP contribution in [0.25, 0.3) is 0 Å². The van der Waals surface area contributed by atoms with Crippen LogP contribution in [-0.2, 0) is 11.3 Å². The summed E-state index contributed by atoms with van der Waals surface area (Å²) < 4.78 is 11.0. The van der Waals surface area contributed by atoms with E-state index in [2.05, 4.69) is 5.32 Å². The fraction of sp³-hybridized carbons (Fsp3) is 0.636. The maximum Gasteiger partial charge on any atom is 0.410 e. The lowest BCUT2D eigenvalue weighted by Gasteiger charge is -2.36. The summed E-state index contributed by atoms with van der Waals surface area (Å²) >= 11 is 0. The molecule has 4 rings (SSSR count). The Labute approximate surface area is 172 Å². The highest BCUT2D eigenvalue weighted by atomic mass is 16.6. The molecule has 0 radical (unpaired) electrons. The van der Waals surface area contributed by atoms with Gasteiger partial charge in [0.1, 0.15) is 11.4 Å². The van der Waals surface area contributed by atoms with Crippen molar-refractivity contribution < 1.29 is 19.1 Å². The van der Waals surface area contributed by atoms with E-state index in [-0.39, 0.29) is 23.8 Å². The largest absolute Gasteiger partial charge is 0.497 e. The summed E-state index contributed by atoms with van der Waals surface area (Å²) in [5.74, 6) is 0.803. The summed E-state index contributed by atoms with van der Waals surface area (Å²) in [5.41, 5.74) is 0.786. The van der Waals surface area contributed by atoms with Gasteiger partial charge in [0.2, 0.25) is 0 Å². The van der Waals surface area contributed by atoms with Crippen molar-refractivity contribution in [2.45, 2.75) is 63.1 Å². The van der Waals surface area contributed by atoms with Gasteiger partial charge in [0.25, 0.3) is 0 Å². The number of nitrogens with zero attached hydrogens (tertiary/aromatic N) is 2. The molecule has 1 N–H and O–H groups in total. The van der Waals surface area contributed by atoms with Gasteiger partial charge >= 0.3 is 12.1 Å². The number of rotatable bonds is 4. The molecule has 2 saturated heterocycles. The van der Waals surface area contributed by atoms with E-state index in [0.29, 0.717) is 19.6 Å². The molecule has 1 aromatic rings. The first-order valence-corrected chi connectivity index (χ1v) is 10.7. The first kappa shape index (κ1) is 19.9. The number of piperidine rings is 1. The highest BCUT2D eigenvalue weighted by molar-refractivity contribution is 5.74. The molecule has 3 fully saturated rings. The second-order valence-corrected chi connectivity index (χ2v) is 8.46. The van der Waals surface area contributed by atoms with E-state index in [0.717, 1.165) is 56.4 Å². The van der Waals surface area contributed by atoms with E-state index >= 15 is 0 Å². The zero-order valence-corrected chi connectivity index (χ0v) is 17.2. The molecule has 0 aromatic heterocycles. The van der Waals surface area contributed by atoms with E-state index in [1.54, 1.807) is 7.11 Å². The van der Waals surface area contributed by atoms with Crippen LogP contribution in [0.1, 0.15) is 50.5 Å². The molecule has 2 aliphatic heterocycles. The predicted octanol–water partition coefficient (Wildman–Crippen LogP) is 3.52. The number of amides is 3. The molecule has 0 atom stereocenters. The second-order valence-electron chi connectivity index (χ2n) is 8.46. The molecule has 2 heterocycles. The van der Waals surface area contributed by atoms with E-state index in [9.17, 15) is 9.59 Å². The van der Waals surface area contributed by atoms with Crippen molar-refractivity contribution in [1.29, 1.82) is 0 Å². The average molecular weight is 402 g/mol. The summed E-state index contributed by atoms with van der Waals surface area (Å²) in [6, 6.07) is 7.81. The molecule has 7 heteroatoms. The third kappa shape index (κ3) is 4.43. The highest BCUT2D eigenvalue weighted by Gasteiger charge is 2.48. The molecule has 0 unspecified atom stereocenters. The first-order chi connectivity index (χ1) is 14.1. The molecule has 3 amide bonds. The third-order valence-corrected chi connectivity index (χ3v) is 6.56. The minimum absolute atomic E-state index is 0.0491. The van der Waals surface area contributed by atoms with Crippen LogP contribution < -0.4 is 10.1 Å². The van der Waals surface area contributed by atoms with Crippen LogP contribution in [0.3, 0.4) is 0 Å². The first-order valence-electron chi connectivity index (χ1n) is 10.7. The number of ether oxygens (including phenoxy) is 2. The Hall–Kier alpha value is -2.44. The van der Waals surface area contributed by atoms with Crippen molar-refractivity contribution in [3.63, 3.8) is 0 Å². The molecule has 158 valence electrons. The maximum absolute atomic E-state index is 12.5. The topological polar surface area (TPSA) is 71.1 Å². The lowest BCUT2D eigenvalue weighted by atomic mass is 9.84. The molecular formula is C22H31N3O4. The van der Waals surface area contributed by atoms with Crippen LogP contribution in [0.5, 0.6) is 5.75 Å². The van der Waals surface area contributed by atoms with E-state index in [1.807, 2.05) is 34.1 Å². The van der Waals surface area contributed by atoms with Crippen LogP contribution in [0.2, 0.25) is 0 Å². The monoisotopic (exact) mass is 401 g/mol. The molecule has 1 aromatic carbocycles. The number of nitrogens with one attached hydrogen (secondary N) is 1. The van der Waals surface area contributed by atoms with E-state index in [1.165, 1.54) is 6.42 Å². The number of hydrogen-bond donors (Lipinski definition) is 1. The summed E-state index contributed by atoms with van der Waals surface area (Å²) in [6.45, 7) is 2.54. The Kier molecular flexibility index (Phi) is 5.83. The van der Waals surface area contributed by atoms with Gasteiger partial charge in [-0.3, -0.25) is 0 Å². The van der Waals surface area contributed by atoms with Crippen molar-refractivity contribution in [1.82, 2.24) is 15.1 Å². The zero-order chi connectivity index (χ0) is 20.3. The number of carbonyl (C=O) groups is 2. The van der Waals surface area contributed by atoms with Gasteiger partial charge in [-0.05, 0) is 56.2 Å². The molecule has 1 spiro atoms. The fourth-order valence-corrected chi connectivity index (χ4v) is 4.80. The summed E-state index contributed by atoms with van der Waals surface area (Å²) in [5, 5.41) is 2.99. The van der Waals surface area contributed by atoms with Crippen molar-refractivity contribution >= 4 is 12.1 Å². The quantitative estimate of drug-likeness (QED) is 0.838. The summed E-state index contributed by atoms with van der Waals surface area (Å²) in [4.78, 5) is 28.8. The van der Waals surface area contributed by atoms with Crippen LogP contribution in [-0.4, -0.2) is 60.3 Å².